The van der Waals surface area contributed by atoms with E-state index in [2.05, 4.69) is 0 Å². The summed E-state index contributed by atoms with van der Waals surface area (Å²) in [7, 11) is -3.03. The number of hydrogen-bond donors (Lipinski definition) is 0. The molecule has 0 N–H and O–H groups in total. The van der Waals surface area contributed by atoms with Crippen LogP contribution in [0.4, 0.5) is 0 Å². The Kier molecular flexibility index (Phi) is 3.90. The van der Waals surface area contributed by atoms with Crippen LogP contribution in [0.2, 0.25) is 0 Å². The maximum atomic E-state index is 11.4. The Labute approximate surface area is 74.1 Å². The topological polar surface area (TPSA) is 51.2 Å². The summed E-state index contributed by atoms with van der Waals surface area (Å²) in [5, 5.41) is 0. The normalized spacial score (nSPS) is 12.9. The van der Waals surface area contributed by atoms with Crippen molar-refractivity contribution in [1.29, 1.82) is 0 Å². The molecule has 0 spiro atoms. The predicted octanol–water partition coefficient (Wildman–Crippen LogP) is 1.18. The molecular weight excluding hydrogens is 176 g/mol. The molecule has 0 unspecified atom stereocenters. The van der Waals surface area contributed by atoms with E-state index >= 15 is 0 Å². The number of carbonyl (C=O) groups excluding carboxylic acids is 1. The molecule has 72 valence electrons. The monoisotopic (exact) mass is 192 g/mol. The van der Waals surface area contributed by atoms with Crippen molar-refractivity contribution in [2.24, 2.45) is 0 Å². The van der Waals surface area contributed by atoms with E-state index in [0.717, 1.165) is 6.29 Å². The SMILES string of the molecule is CC(C)(C)S(=O)(=O)CCCC=O. The van der Waals surface area contributed by atoms with Crippen LogP contribution in [0.3, 0.4) is 0 Å². The Bertz CT molecular complexity index is 234. The molecule has 0 bridgehead atoms. The van der Waals surface area contributed by atoms with Gasteiger partial charge >= 0.3 is 0 Å². The highest BCUT2D eigenvalue weighted by Gasteiger charge is 2.27. The number of carbonyl (C=O) groups is 1. The first kappa shape index (κ1) is 11.6. The predicted molar refractivity (Wildman–Crippen MR) is 48.8 cm³/mol. The maximum absolute atomic E-state index is 11.4. The lowest BCUT2D eigenvalue weighted by Gasteiger charge is -2.18. The molecule has 0 aliphatic carbocycles. The van der Waals surface area contributed by atoms with Gasteiger partial charge in [-0.25, -0.2) is 8.42 Å². The second kappa shape index (κ2) is 4.03. The molecule has 0 atom stereocenters. The Balaban J connectivity index is 4.16. The van der Waals surface area contributed by atoms with Crippen molar-refractivity contribution in [3.8, 4) is 0 Å². The quantitative estimate of drug-likeness (QED) is 0.496. The Morgan fingerprint density at radius 1 is 1.25 bits per heavy atom. The minimum absolute atomic E-state index is 0.106. The molecular formula is C8H16O3S. The van der Waals surface area contributed by atoms with Gasteiger partial charge in [-0.3, -0.25) is 0 Å². The summed E-state index contributed by atoms with van der Waals surface area (Å²) >= 11 is 0. The molecule has 0 aromatic carbocycles. The number of rotatable bonds is 4. The van der Waals surface area contributed by atoms with Gasteiger partial charge in [0, 0.05) is 6.42 Å². The van der Waals surface area contributed by atoms with Gasteiger partial charge in [-0.1, -0.05) is 0 Å². The van der Waals surface area contributed by atoms with Gasteiger partial charge in [0.05, 0.1) is 10.5 Å². The van der Waals surface area contributed by atoms with Crippen molar-refractivity contribution in [2.75, 3.05) is 5.75 Å². The van der Waals surface area contributed by atoms with Crippen molar-refractivity contribution < 1.29 is 13.2 Å². The van der Waals surface area contributed by atoms with Crippen LogP contribution in [0.1, 0.15) is 33.6 Å². The van der Waals surface area contributed by atoms with Crippen LogP contribution in [0.25, 0.3) is 0 Å². The lowest BCUT2D eigenvalue weighted by molar-refractivity contribution is -0.107. The summed E-state index contributed by atoms with van der Waals surface area (Å²) in [4.78, 5) is 9.95. The first-order valence-corrected chi connectivity index (χ1v) is 5.62. The van der Waals surface area contributed by atoms with Crippen LogP contribution in [0.5, 0.6) is 0 Å². The van der Waals surface area contributed by atoms with Crippen molar-refractivity contribution in [1.82, 2.24) is 0 Å². The molecule has 0 radical (unpaired) electrons. The maximum Gasteiger partial charge on any atom is 0.155 e. The minimum Gasteiger partial charge on any atom is -0.303 e. The highest BCUT2D eigenvalue weighted by Crippen LogP contribution is 2.16. The summed E-state index contributed by atoms with van der Waals surface area (Å²) in [6, 6.07) is 0. The lowest BCUT2D eigenvalue weighted by atomic mass is 10.3. The number of sulfone groups is 1. The molecule has 3 nitrogen and oxygen atoms in total. The summed E-state index contributed by atoms with van der Waals surface area (Å²) < 4.78 is 22.1. The van der Waals surface area contributed by atoms with Crippen LogP contribution in [0.15, 0.2) is 0 Å². The van der Waals surface area contributed by atoms with E-state index in [1.807, 2.05) is 0 Å². The van der Waals surface area contributed by atoms with Crippen LogP contribution in [0, 0.1) is 0 Å². The van der Waals surface area contributed by atoms with E-state index < -0.39 is 14.6 Å². The molecule has 0 fully saturated rings. The molecule has 0 rings (SSSR count). The third-order valence-corrected chi connectivity index (χ3v) is 4.36. The van der Waals surface area contributed by atoms with E-state index in [-0.39, 0.29) is 5.75 Å². The fourth-order valence-corrected chi connectivity index (χ4v) is 1.82. The van der Waals surface area contributed by atoms with Crippen LogP contribution >= 0.6 is 0 Å². The Morgan fingerprint density at radius 2 is 1.75 bits per heavy atom. The van der Waals surface area contributed by atoms with E-state index in [4.69, 9.17) is 0 Å². The molecule has 0 aromatic rings. The average molecular weight is 192 g/mol. The molecule has 0 saturated carbocycles. The van der Waals surface area contributed by atoms with Crippen LogP contribution in [-0.4, -0.2) is 25.2 Å². The lowest BCUT2D eigenvalue weighted by Crippen LogP contribution is -2.30. The second-order valence-electron chi connectivity index (χ2n) is 3.74. The first-order valence-electron chi connectivity index (χ1n) is 3.97. The highest BCUT2D eigenvalue weighted by atomic mass is 32.2. The molecule has 0 amide bonds. The van der Waals surface area contributed by atoms with Gasteiger partial charge in [-0.05, 0) is 27.2 Å². The average Bonchev–Trinajstić information content (AvgIpc) is 1.85. The molecule has 12 heavy (non-hydrogen) atoms. The van der Waals surface area contributed by atoms with Crippen LogP contribution < -0.4 is 0 Å². The molecule has 4 heteroatoms. The summed E-state index contributed by atoms with van der Waals surface area (Å²) in [6.07, 6.45) is 1.51. The Morgan fingerprint density at radius 3 is 2.08 bits per heavy atom. The second-order valence-corrected chi connectivity index (χ2v) is 6.60. The van der Waals surface area contributed by atoms with Crippen molar-refractivity contribution >= 4 is 16.1 Å². The zero-order chi connectivity index (χ0) is 9.83. The summed E-state index contributed by atoms with van der Waals surface area (Å²) in [6.45, 7) is 5.01. The van der Waals surface area contributed by atoms with Crippen molar-refractivity contribution in [3.63, 3.8) is 0 Å². The van der Waals surface area contributed by atoms with Gasteiger partial charge < -0.3 is 4.79 Å². The molecule has 0 heterocycles. The summed E-state index contributed by atoms with van der Waals surface area (Å²) in [5.74, 6) is 0.106. The molecule has 0 aromatic heterocycles. The molecule has 0 aliphatic rings. The highest BCUT2D eigenvalue weighted by molar-refractivity contribution is 7.92. The Hall–Kier alpha value is -0.380. The van der Waals surface area contributed by atoms with Crippen molar-refractivity contribution in [2.45, 2.75) is 38.4 Å². The fraction of sp³-hybridized carbons (Fsp3) is 0.875. The van der Waals surface area contributed by atoms with Gasteiger partial charge in [0.1, 0.15) is 6.29 Å². The molecule has 0 saturated heterocycles. The van der Waals surface area contributed by atoms with Gasteiger partial charge in [0.25, 0.3) is 0 Å². The summed E-state index contributed by atoms with van der Waals surface area (Å²) in [5.41, 5.74) is 0. The largest absolute Gasteiger partial charge is 0.303 e. The van der Waals surface area contributed by atoms with E-state index in [1.54, 1.807) is 20.8 Å². The van der Waals surface area contributed by atoms with E-state index in [9.17, 15) is 13.2 Å². The first-order chi connectivity index (χ1) is 5.31. The van der Waals surface area contributed by atoms with E-state index in [1.165, 1.54) is 0 Å². The number of hydrogen-bond acceptors (Lipinski definition) is 3. The van der Waals surface area contributed by atoms with Gasteiger partial charge in [0.15, 0.2) is 9.84 Å². The van der Waals surface area contributed by atoms with Crippen molar-refractivity contribution in [3.05, 3.63) is 0 Å². The van der Waals surface area contributed by atoms with Crippen LogP contribution in [-0.2, 0) is 14.6 Å². The fourth-order valence-electron chi connectivity index (χ4n) is 0.663. The molecule has 0 aliphatic heterocycles. The third kappa shape index (κ3) is 3.34. The van der Waals surface area contributed by atoms with E-state index in [0.29, 0.717) is 12.8 Å². The third-order valence-electron chi connectivity index (χ3n) is 1.67. The zero-order valence-corrected chi connectivity index (χ0v) is 8.65. The number of aldehydes is 1. The minimum atomic E-state index is -3.03. The smallest absolute Gasteiger partial charge is 0.155 e. The van der Waals surface area contributed by atoms with Gasteiger partial charge in [-0.15, -0.1) is 0 Å². The zero-order valence-electron chi connectivity index (χ0n) is 7.83. The van der Waals surface area contributed by atoms with Gasteiger partial charge in [-0.2, -0.15) is 0 Å². The number of unbranched alkanes of at least 4 members (excludes halogenated alkanes) is 1. The standard InChI is InChI=1S/C8H16O3S/c1-8(2,3)12(10,11)7-5-4-6-9/h6H,4-5,7H2,1-3H3. The van der Waals surface area contributed by atoms with Gasteiger partial charge in [0.2, 0.25) is 0 Å².